The molecule has 0 bridgehead atoms. The number of rotatable bonds is 5. The maximum Gasteiger partial charge on any atom is 0.260 e. The fourth-order valence-corrected chi connectivity index (χ4v) is 3.21. The predicted octanol–water partition coefficient (Wildman–Crippen LogP) is 2.27. The van der Waals surface area contributed by atoms with E-state index in [1.807, 2.05) is 41.0 Å². The zero-order valence-corrected chi connectivity index (χ0v) is 14.4. The van der Waals surface area contributed by atoms with Crippen molar-refractivity contribution >= 4 is 17.4 Å². The lowest BCUT2D eigenvalue weighted by atomic mass is 10.0. The van der Waals surface area contributed by atoms with Gasteiger partial charge in [0.1, 0.15) is 5.75 Å². The predicted molar refractivity (Wildman–Crippen MR) is 99.8 cm³/mol. The van der Waals surface area contributed by atoms with E-state index in [1.54, 1.807) is 24.5 Å². The van der Waals surface area contributed by atoms with E-state index in [0.717, 1.165) is 16.8 Å². The van der Waals surface area contributed by atoms with Crippen LogP contribution < -0.4 is 5.32 Å². The van der Waals surface area contributed by atoms with Gasteiger partial charge in [-0.15, -0.1) is 0 Å². The Kier molecular flexibility index (Phi) is 4.30. The second-order valence-electron chi connectivity index (χ2n) is 6.38. The van der Waals surface area contributed by atoms with Crippen molar-refractivity contribution in [1.29, 1.82) is 0 Å². The quantitative estimate of drug-likeness (QED) is 0.685. The summed E-state index contributed by atoms with van der Waals surface area (Å²) in [5, 5.41) is 12.0. The molecule has 6 heteroatoms. The summed E-state index contributed by atoms with van der Waals surface area (Å²) in [5.41, 5.74) is 3.57. The molecule has 1 aliphatic heterocycles. The smallest absolute Gasteiger partial charge is 0.260 e. The van der Waals surface area contributed by atoms with Gasteiger partial charge in [0.25, 0.3) is 11.8 Å². The Bertz CT molecular complexity index is 1050. The fourth-order valence-electron chi connectivity index (χ4n) is 3.21. The second kappa shape index (κ2) is 6.92. The van der Waals surface area contributed by atoms with Crippen LogP contribution in [0.3, 0.4) is 0 Å². The number of imidazole rings is 1. The van der Waals surface area contributed by atoms with Gasteiger partial charge in [-0.1, -0.05) is 42.5 Å². The standard InChI is InChI=1S/C21H17N3O3/c25-16-8-4-7-15(9-16)12-24-13-22-18(10-14-5-2-1-3-6-14)20(24)17-11-19(26)23-21(17)27/h1-9,11,13,25H,10,12H2,(H,23,26,27). The summed E-state index contributed by atoms with van der Waals surface area (Å²) in [4.78, 5) is 28.4. The normalized spacial score (nSPS) is 13.6. The van der Waals surface area contributed by atoms with Gasteiger partial charge >= 0.3 is 0 Å². The molecule has 3 aromatic rings. The number of carbonyl (C=O) groups excluding carboxylic acids is 2. The lowest BCUT2D eigenvalue weighted by molar-refractivity contribution is -0.123. The van der Waals surface area contributed by atoms with Crippen LogP contribution in [0.2, 0.25) is 0 Å². The van der Waals surface area contributed by atoms with Crippen LogP contribution in [0.1, 0.15) is 22.5 Å². The number of aromatic nitrogens is 2. The van der Waals surface area contributed by atoms with Gasteiger partial charge in [0.15, 0.2) is 0 Å². The van der Waals surface area contributed by atoms with Crippen LogP contribution in [0.4, 0.5) is 0 Å². The average Bonchev–Trinajstić information content (AvgIpc) is 3.18. The van der Waals surface area contributed by atoms with Crippen LogP contribution in [-0.4, -0.2) is 26.5 Å². The molecule has 0 saturated heterocycles. The van der Waals surface area contributed by atoms with Gasteiger partial charge in [-0.25, -0.2) is 4.98 Å². The molecule has 0 saturated carbocycles. The Hall–Kier alpha value is -3.67. The highest BCUT2D eigenvalue weighted by molar-refractivity contribution is 6.33. The zero-order chi connectivity index (χ0) is 18.8. The molecular formula is C21H17N3O3. The summed E-state index contributed by atoms with van der Waals surface area (Å²) < 4.78 is 1.83. The number of aromatic hydroxyl groups is 1. The van der Waals surface area contributed by atoms with E-state index in [0.29, 0.717) is 24.2 Å². The number of carbonyl (C=O) groups is 2. The molecule has 6 nitrogen and oxygen atoms in total. The van der Waals surface area contributed by atoms with Crippen molar-refractivity contribution in [3.63, 3.8) is 0 Å². The summed E-state index contributed by atoms with van der Waals surface area (Å²) in [5.74, 6) is -0.676. The summed E-state index contributed by atoms with van der Waals surface area (Å²) in [7, 11) is 0. The monoisotopic (exact) mass is 359 g/mol. The van der Waals surface area contributed by atoms with E-state index in [4.69, 9.17) is 0 Å². The molecule has 27 heavy (non-hydrogen) atoms. The minimum atomic E-state index is -0.425. The first-order valence-electron chi connectivity index (χ1n) is 8.53. The topological polar surface area (TPSA) is 84.2 Å². The maximum atomic E-state index is 12.3. The molecule has 1 aliphatic rings. The first kappa shape index (κ1) is 16.8. The summed E-state index contributed by atoms with van der Waals surface area (Å²) in [6.07, 6.45) is 3.52. The minimum absolute atomic E-state index is 0.173. The van der Waals surface area contributed by atoms with Crippen LogP contribution in [0.5, 0.6) is 5.75 Å². The summed E-state index contributed by atoms with van der Waals surface area (Å²) >= 11 is 0. The highest BCUT2D eigenvalue weighted by Gasteiger charge is 2.27. The Morgan fingerprint density at radius 1 is 1.00 bits per heavy atom. The van der Waals surface area contributed by atoms with Gasteiger partial charge in [-0.05, 0) is 23.3 Å². The van der Waals surface area contributed by atoms with E-state index < -0.39 is 11.8 Å². The van der Waals surface area contributed by atoms with Crippen molar-refractivity contribution in [1.82, 2.24) is 14.9 Å². The number of hydrogen-bond donors (Lipinski definition) is 2. The Balaban J connectivity index is 1.76. The van der Waals surface area contributed by atoms with Crippen LogP contribution in [0, 0.1) is 0 Å². The Morgan fingerprint density at radius 2 is 1.78 bits per heavy atom. The van der Waals surface area contributed by atoms with E-state index >= 15 is 0 Å². The second-order valence-corrected chi connectivity index (χ2v) is 6.38. The molecule has 0 unspecified atom stereocenters. The molecule has 0 aliphatic carbocycles. The molecule has 2 amide bonds. The third-order valence-electron chi connectivity index (χ3n) is 4.40. The zero-order valence-electron chi connectivity index (χ0n) is 14.4. The molecule has 2 N–H and O–H groups in total. The number of hydrogen-bond acceptors (Lipinski definition) is 4. The SMILES string of the molecule is O=C1C=C(c2c(Cc3ccccc3)ncn2Cc2cccc(O)c2)C(=O)N1. The van der Waals surface area contributed by atoms with Crippen LogP contribution in [0.25, 0.3) is 5.57 Å². The van der Waals surface area contributed by atoms with E-state index in [1.165, 1.54) is 6.08 Å². The number of benzene rings is 2. The third-order valence-corrected chi connectivity index (χ3v) is 4.40. The third kappa shape index (κ3) is 3.50. The van der Waals surface area contributed by atoms with E-state index in [2.05, 4.69) is 10.3 Å². The molecule has 0 fully saturated rings. The molecule has 2 heterocycles. The van der Waals surface area contributed by atoms with Gasteiger partial charge in [0, 0.05) is 19.0 Å². The highest BCUT2D eigenvalue weighted by atomic mass is 16.3. The molecule has 4 rings (SSSR count). The van der Waals surface area contributed by atoms with Crippen molar-refractivity contribution in [2.75, 3.05) is 0 Å². The van der Waals surface area contributed by atoms with Crippen LogP contribution in [-0.2, 0) is 22.6 Å². The highest BCUT2D eigenvalue weighted by Crippen LogP contribution is 2.25. The summed E-state index contributed by atoms with van der Waals surface area (Å²) in [6, 6.07) is 16.7. The first-order chi connectivity index (χ1) is 13.1. The molecule has 1 aromatic heterocycles. The van der Waals surface area contributed by atoms with Gasteiger partial charge in [0.2, 0.25) is 0 Å². The van der Waals surface area contributed by atoms with Crippen molar-refractivity contribution in [2.45, 2.75) is 13.0 Å². The molecule has 2 aromatic carbocycles. The number of nitrogens with zero attached hydrogens (tertiary/aromatic N) is 2. The van der Waals surface area contributed by atoms with Crippen molar-refractivity contribution < 1.29 is 14.7 Å². The van der Waals surface area contributed by atoms with Crippen molar-refractivity contribution in [2.24, 2.45) is 0 Å². The Labute approximate surface area is 155 Å². The Morgan fingerprint density at radius 3 is 2.48 bits per heavy atom. The fraction of sp³-hybridized carbons (Fsp3) is 0.0952. The number of imide groups is 1. The average molecular weight is 359 g/mol. The number of amides is 2. The lowest BCUT2D eigenvalue weighted by Gasteiger charge is -2.11. The van der Waals surface area contributed by atoms with Gasteiger partial charge in [0.05, 0.1) is 23.3 Å². The van der Waals surface area contributed by atoms with Crippen LogP contribution >= 0.6 is 0 Å². The first-order valence-corrected chi connectivity index (χ1v) is 8.53. The maximum absolute atomic E-state index is 12.3. The summed E-state index contributed by atoms with van der Waals surface area (Å²) in [6.45, 7) is 0.421. The lowest BCUT2D eigenvalue weighted by Crippen LogP contribution is -2.22. The van der Waals surface area contributed by atoms with Crippen molar-refractivity contribution in [3.8, 4) is 5.75 Å². The molecule has 0 spiro atoms. The van der Waals surface area contributed by atoms with Gasteiger partial charge < -0.3 is 9.67 Å². The van der Waals surface area contributed by atoms with Gasteiger partial charge in [-0.3, -0.25) is 14.9 Å². The van der Waals surface area contributed by atoms with Crippen LogP contribution in [0.15, 0.2) is 67.0 Å². The molecule has 0 radical (unpaired) electrons. The van der Waals surface area contributed by atoms with Crippen molar-refractivity contribution in [3.05, 3.63) is 89.5 Å². The van der Waals surface area contributed by atoms with E-state index in [9.17, 15) is 14.7 Å². The molecule has 0 atom stereocenters. The van der Waals surface area contributed by atoms with Gasteiger partial charge in [-0.2, -0.15) is 0 Å². The number of phenolic OH excluding ortho intramolecular Hbond substituents is 1. The molecule has 134 valence electrons. The van der Waals surface area contributed by atoms with E-state index in [-0.39, 0.29) is 5.75 Å². The molecular weight excluding hydrogens is 342 g/mol. The largest absolute Gasteiger partial charge is 0.508 e. The number of nitrogens with one attached hydrogen (secondary N) is 1. The minimum Gasteiger partial charge on any atom is -0.508 e. The number of phenols is 1.